The van der Waals surface area contributed by atoms with Gasteiger partial charge in [-0.1, -0.05) is 44.5 Å². The fourth-order valence-corrected chi connectivity index (χ4v) is 3.05. The molecular formula is C21H29ClN2O2. The van der Waals surface area contributed by atoms with E-state index in [1.54, 1.807) is 7.11 Å². The molecule has 0 aliphatic carbocycles. The number of carbonyl (C=O) groups excluding carboxylic acids is 1. The van der Waals surface area contributed by atoms with Crippen molar-refractivity contribution in [1.29, 1.82) is 0 Å². The van der Waals surface area contributed by atoms with Crippen molar-refractivity contribution in [3.8, 4) is 0 Å². The largest absolute Gasteiger partial charge is 0.383 e. The van der Waals surface area contributed by atoms with Crippen LogP contribution in [0.2, 0.25) is 5.02 Å². The van der Waals surface area contributed by atoms with Gasteiger partial charge in [0.05, 0.1) is 13.2 Å². The molecule has 0 saturated carbocycles. The van der Waals surface area contributed by atoms with Crippen LogP contribution in [-0.4, -0.2) is 35.6 Å². The van der Waals surface area contributed by atoms with E-state index in [0.29, 0.717) is 26.1 Å². The first kappa shape index (κ1) is 20.5. The van der Waals surface area contributed by atoms with Gasteiger partial charge in [-0.05, 0) is 35.2 Å². The van der Waals surface area contributed by atoms with E-state index in [-0.39, 0.29) is 11.3 Å². The summed E-state index contributed by atoms with van der Waals surface area (Å²) >= 11 is 6.09. The summed E-state index contributed by atoms with van der Waals surface area (Å²) in [6.07, 6.45) is 2.56. The van der Waals surface area contributed by atoms with E-state index in [2.05, 4.69) is 37.5 Å². The maximum Gasteiger partial charge on any atom is 0.223 e. The first-order valence-corrected chi connectivity index (χ1v) is 9.31. The predicted octanol–water partition coefficient (Wildman–Crippen LogP) is 4.60. The number of rotatable bonds is 8. The number of carbonyl (C=O) groups is 1. The third-order valence-electron chi connectivity index (χ3n) is 4.12. The number of benzene rings is 1. The van der Waals surface area contributed by atoms with Crippen molar-refractivity contribution in [3.05, 3.63) is 58.9 Å². The van der Waals surface area contributed by atoms with Crippen LogP contribution in [0.3, 0.4) is 0 Å². The van der Waals surface area contributed by atoms with Crippen molar-refractivity contribution < 1.29 is 9.53 Å². The van der Waals surface area contributed by atoms with Crippen LogP contribution >= 0.6 is 11.6 Å². The zero-order chi connectivity index (χ0) is 19.2. The van der Waals surface area contributed by atoms with Crippen molar-refractivity contribution in [2.75, 3.05) is 20.3 Å². The van der Waals surface area contributed by atoms with Crippen LogP contribution in [0, 0.1) is 5.41 Å². The SMILES string of the molecule is COCCN(Cc1cccn1Cc1cccc(Cl)c1)C(=O)CC(C)(C)C. The third kappa shape index (κ3) is 6.50. The Morgan fingerprint density at radius 2 is 2.00 bits per heavy atom. The van der Waals surface area contributed by atoms with Gasteiger partial charge < -0.3 is 14.2 Å². The van der Waals surface area contributed by atoms with Gasteiger partial charge in [-0.15, -0.1) is 0 Å². The number of ether oxygens (including phenoxy) is 1. The maximum absolute atomic E-state index is 12.7. The Balaban J connectivity index is 2.13. The van der Waals surface area contributed by atoms with Gasteiger partial charge in [0, 0.05) is 43.5 Å². The molecular weight excluding hydrogens is 348 g/mol. The Morgan fingerprint density at radius 1 is 1.23 bits per heavy atom. The molecule has 1 amide bonds. The van der Waals surface area contributed by atoms with Gasteiger partial charge in [-0.2, -0.15) is 0 Å². The summed E-state index contributed by atoms with van der Waals surface area (Å²) in [5.74, 6) is 0.157. The molecule has 142 valence electrons. The minimum absolute atomic E-state index is 0.0365. The molecule has 0 aliphatic heterocycles. The second kappa shape index (κ2) is 9.24. The Bertz CT molecular complexity index is 719. The van der Waals surface area contributed by atoms with Gasteiger partial charge in [0.15, 0.2) is 0 Å². The van der Waals surface area contributed by atoms with Gasteiger partial charge >= 0.3 is 0 Å². The number of amides is 1. The standard InChI is InChI=1S/C21H29ClN2O2/c1-21(2,3)14-20(25)24(11-12-26-4)16-19-9-6-10-23(19)15-17-7-5-8-18(22)13-17/h5-10,13H,11-12,14-16H2,1-4H3. The molecule has 0 spiro atoms. The fourth-order valence-electron chi connectivity index (χ4n) is 2.83. The van der Waals surface area contributed by atoms with Gasteiger partial charge in [0.1, 0.15) is 0 Å². The average molecular weight is 377 g/mol. The lowest BCUT2D eigenvalue weighted by Crippen LogP contribution is -2.36. The van der Waals surface area contributed by atoms with Crippen molar-refractivity contribution >= 4 is 17.5 Å². The summed E-state index contributed by atoms with van der Waals surface area (Å²) in [5.41, 5.74) is 2.20. The van der Waals surface area contributed by atoms with Gasteiger partial charge in [0.25, 0.3) is 0 Å². The zero-order valence-corrected chi connectivity index (χ0v) is 16.9. The smallest absolute Gasteiger partial charge is 0.223 e. The minimum Gasteiger partial charge on any atom is -0.383 e. The summed E-state index contributed by atoms with van der Waals surface area (Å²) in [6.45, 7) is 8.68. The number of nitrogens with zero attached hydrogens (tertiary/aromatic N) is 2. The van der Waals surface area contributed by atoms with Crippen molar-refractivity contribution in [2.45, 2.75) is 40.3 Å². The first-order chi connectivity index (χ1) is 12.3. The normalized spacial score (nSPS) is 11.6. The van der Waals surface area contributed by atoms with E-state index < -0.39 is 0 Å². The highest BCUT2D eigenvalue weighted by atomic mass is 35.5. The Labute approximate surface area is 161 Å². The highest BCUT2D eigenvalue weighted by Gasteiger charge is 2.22. The van der Waals surface area contributed by atoms with Crippen molar-refractivity contribution in [1.82, 2.24) is 9.47 Å². The summed E-state index contributed by atoms with van der Waals surface area (Å²) in [5, 5.41) is 0.735. The van der Waals surface area contributed by atoms with Crippen LogP contribution in [0.4, 0.5) is 0 Å². The minimum atomic E-state index is -0.0365. The molecule has 0 radical (unpaired) electrons. The number of aromatic nitrogens is 1. The van der Waals surface area contributed by atoms with Crippen LogP contribution in [0.5, 0.6) is 0 Å². The lowest BCUT2D eigenvalue weighted by Gasteiger charge is -2.27. The summed E-state index contributed by atoms with van der Waals surface area (Å²) in [6, 6.07) is 11.9. The molecule has 0 N–H and O–H groups in total. The highest BCUT2D eigenvalue weighted by molar-refractivity contribution is 6.30. The Hall–Kier alpha value is -1.78. The van der Waals surface area contributed by atoms with Gasteiger partial charge in [-0.3, -0.25) is 4.79 Å². The molecule has 1 aromatic heterocycles. The highest BCUT2D eigenvalue weighted by Crippen LogP contribution is 2.21. The Morgan fingerprint density at radius 3 is 2.65 bits per heavy atom. The number of halogens is 1. The number of hydrogen-bond acceptors (Lipinski definition) is 2. The predicted molar refractivity (Wildman–Crippen MR) is 106 cm³/mol. The molecule has 0 aliphatic rings. The van der Waals surface area contributed by atoms with Crippen molar-refractivity contribution in [3.63, 3.8) is 0 Å². The van der Waals surface area contributed by atoms with Gasteiger partial charge in [-0.25, -0.2) is 0 Å². The lowest BCUT2D eigenvalue weighted by molar-refractivity contribution is -0.134. The second-order valence-corrected chi connectivity index (χ2v) is 8.24. The first-order valence-electron chi connectivity index (χ1n) is 8.94. The molecule has 26 heavy (non-hydrogen) atoms. The fraction of sp³-hybridized carbons (Fsp3) is 0.476. The molecule has 0 unspecified atom stereocenters. The molecule has 0 atom stereocenters. The van der Waals surface area contributed by atoms with E-state index in [1.165, 1.54) is 0 Å². The zero-order valence-electron chi connectivity index (χ0n) is 16.2. The van der Waals surface area contributed by atoms with Crippen LogP contribution < -0.4 is 0 Å². The molecule has 1 aromatic carbocycles. The maximum atomic E-state index is 12.7. The summed E-state index contributed by atoms with van der Waals surface area (Å²) in [4.78, 5) is 14.6. The number of hydrogen-bond donors (Lipinski definition) is 0. The van der Waals surface area contributed by atoms with E-state index >= 15 is 0 Å². The molecule has 0 bridgehead atoms. The van der Waals surface area contributed by atoms with E-state index in [1.807, 2.05) is 35.4 Å². The molecule has 0 saturated heterocycles. The van der Waals surface area contributed by atoms with Crippen LogP contribution in [0.15, 0.2) is 42.6 Å². The number of methoxy groups -OCH3 is 1. The van der Waals surface area contributed by atoms with E-state index in [0.717, 1.165) is 22.8 Å². The molecule has 4 nitrogen and oxygen atoms in total. The van der Waals surface area contributed by atoms with Gasteiger partial charge in [0.2, 0.25) is 5.91 Å². The van der Waals surface area contributed by atoms with Crippen LogP contribution in [0.1, 0.15) is 38.4 Å². The van der Waals surface area contributed by atoms with Crippen LogP contribution in [0.25, 0.3) is 0 Å². The third-order valence-corrected chi connectivity index (χ3v) is 4.35. The van der Waals surface area contributed by atoms with Crippen molar-refractivity contribution in [2.24, 2.45) is 5.41 Å². The summed E-state index contributed by atoms with van der Waals surface area (Å²) < 4.78 is 7.36. The Kier molecular flexibility index (Phi) is 7.30. The topological polar surface area (TPSA) is 34.5 Å². The molecule has 2 aromatic rings. The molecule has 2 rings (SSSR count). The monoisotopic (exact) mass is 376 g/mol. The molecule has 1 heterocycles. The summed E-state index contributed by atoms with van der Waals surface area (Å²) in [7, 11) is 1.66. The molecule has 0 fully saturated rings. The average Bonchev–Trinajstić information content (AvgIpc) is 2.96. The van der Waals surface area contributed by atoms with Crippen LogP contribution in [-0.2, 0) is 22.6 Å². The van der Waals surface area contributed by atoms with E-state index in [4.69, 9.17) is 16.3 Å². The second-order valence-electron chi connectivity index (χ2n) is 7.80. The van der Waals surface area contributed by atoms with E-state index in [9.17, 15) is 4.79 Å². The lowest BCUT2D eigenvalue weighted by atomic mass is 9.91. The quantitative estimate of drug-likeness (QED) is 0.674. The molecule has 5 heteroatoms.